The van der Waals surface area contributed by atoms with E-state index in [4.69, 9.17) is 11.6 Å². The molecule has 0 fully saturated rings. The summed E-state index contributed by atoms with van der Waals surface area (Å²) in [4.78, 5) is 17.0. The Morgan fingerprint density at radius 3 is 2.79 bits per heavy atom. The number of rotatable bonds is 4. The smallest absolute Gasteiger partial charge is 0.272 e. The Morgan fingerprint density at radius 1 is 1.25 bits per heavy atom. The molecule has 0 aliphatic heterocycles. The van der Waals surface area contributed by atoms with Gasteiger partial charge >= 0.3 is 0 Å². The molecule has 0 radical (unpaired) electrons. The molecule has 0 saturated heterocycles. The first-order valence-corrected chi connectivity index (χ1v) is 8.58. The first-order valence-electron chi connectivity index (χ1n) is 7.39. The molecule has 1 heterocycles. The monoisotopic (exact) mass is 354 g/mol. The van der Waals surface area contributed by atoms with Gasteiger partial charge in [0, 0.05) is 17.6 Å². The van der Waals surface area contributed by atoms with Gasteiger partial charge in [-0.15, -0.1) is 6.58 Å². The minimum atomic E-state index is -0.297. The topological polar surface area (TPSA) is 34.4 Å². The average Bonchev–Trinajstić information content (AvgIpc) is 2.91. The highest BCUT2D eigenvalue weighted by Gasteiger charge is 2.06. The minimum absolute atomic E-state index is 0.297. The van der Waals surface area contributed by atoms with Gasteiger partial charge in [0.25, 0.3) is 5.91 Å². The molecule has 24 heavy (non-hydrogen) atoms. The zero-order valence-electron chi connectivity index (χ0n) is 12.9. The number of hydrogen-bond acceptors (Lipinski definition) is 2. The maximum Gasteiger partial charge on any atom is 0.272 e. The van der Waals surface area contributed by atoms with Crippen LogP contribution in [-0.4, -0.2) is 10.5 Å². The standard InChI is InChI=1S/C19H15ClN2OS/c1-2-12-22-16-10-9-15(20)13-17(16)24-19(22)21-18(23)11-8-14-6-4-3-5-7-14/h2-11,13H,1,12H2. The molecule has 0 saturated carbocycles. The highest BCUT2D eigenvalue weighted by molar-refractivity contribution is 7.16. The van der Waals surface area contributed by atoms with E-state index in [9.17, 15) is 4.79 Å². The average molecular weight is 355 g/mol. The summed E-state index contributed by atoms with van der Waals surface area (Å²) in [5.41, 5.74) is 1.95. The summed E-state index contributed by atoms with van der Waals surface area (Å²) in [5, 5.41) is 0.663. The van der Waals surface area contributed by atoms with Crippen molar-refractivity contribution >= 4 is 45.1 Å². The third kappa shape index (κ3) is 3.72. The Balaban J connectivity index is 1.99. The fourth-order valence-corrected chi connectivity index (χ4v) is 3.62. The summed E-state index contributed by atoms with van der Waals surface area (Å²) in [6.07, 6.45) is 5.02. The summed E-state index contributed by atoms with van der Waals surface area (Å²) in [7, 11) is 0. The Morgan fingerprint density at radius 2 is 2.04 bits per heavy atom. The molecule has 120 valence electrons. The molecule has 0 aliphatic carbocycles. The number of amides is 1. The predicted octanol–water partition coefficient (Wildman–Crippen LogP) is 4.68. The van der Waals surface area contributed by atoms with Crippen LogP contribution in [0.1, 0.15) is 5.56 Å². The number of thiazole rings is 1. The molecule has 0 unspecified atom stereocenters. The summed E-state index contributed by atoms with van der Waals surface area (Å²) in [6.45, 7) is 4.35. The van der Waals surface area contributed by atoms with Crippen LogP contribution in [0.5, 0.6) is 0 Å². The van der Waals surface area contributed by atoms with Crippen molar-refractivity contribution in [3.8, 4) is 0 Å². The van der Waals surface area contributed by atoms with Gasteiger partial charge in [0.1, 0.15) is 0 Å². The second kappa shape index (κ2) is 7.43. The summed E-state index contributed by atoms with van der Waals surface area (Å²) >= 11 is 7.49. The number of carbonyl (C=O) groups excluding carboxylic acids is 1. The molecule has 2 aromatic carbocycles. The third-order valence-corrected chi connectivity index (χ3v) is 4.66. The van der Waals surface area contributed by atoms with Crippen LogP contribution in [0.3, 0.4) is 0 Å². The molecule has 0 spiro atoms. The first kappa shape index (κ1) is 16.4. The molecular weight excluding hydrogens is 340 g/mol. The second-order valence-electron chi connectivity index (χ2n) is 5.09. The van der Waals surface area contributed by atoms with Crippen molar-refractivity contribution in [3.63, 3.8) is 0 Å². The lowest BCUT2D eigenvalue weighted by Gasteiger charge is -2.00. The van der Waals surface area contributed by atoms with Crippen LogP contribution in [-0.2, 0) is 11.3 Å². The van der Waals surface area contributed by atoms with Crippen molar-refractivity contribution < 1.29 is 4.79 Å². The number of nitrogens with zero attached hydrogens (tertiary/aromatic N) is 2. The van der Waals surface area contributed by atoms with E-state index >= 15 is 0 Å². The van der Waals surface area contributed by atoms with E-state index in [1.807, 2.05) is 53.1 Å². The third-order valence-electron chi connectivity index (χ3n) is 3.38. The number of benzene rings is 2. The molecule has 3 rings (SSSR count). The number of hydrogen-bond donors (Lipinski definition) is 0. The summed E-state index contributed by atoms with van der Waals surface area (Å²) in [6, 6.07) is 15.3. The minimum Gasteiger partial charge on any atom is -0.312 e. The maximum atomic E-state index is 12.2. The fourth-order valence-electron chi connectivity index (χ4n) is 2.30. The van der Waals surface area contributed by atoms with Gasteiger partial charge in [0.2, 0.25) is 0 Å². The van der Waals surface area contributed by atoms with Crippen molar-refractivity contribution in [1.82, 2.24) is 4.57 Å². The zero-order valence-corrected chi connectivity index (χ0v) is 14.4. The van der Waals surface area contributed by atoms with E-state index in [0.29, 0.717) is 16.4 Å². The van der Waals surface area contributed by atoms with Crippen molar-refractivity contribution in [2.75, 3.05) is 0 Å². The predicted molar refractivity (Wildman–Crippen MR) is 101 cm³/mol. The quantitative estimate of drug-likeness (QED) is 0.494. The molecular formula is C19H15ClN2OS. The number of allylic oxidation sites excluding steroid dienone is 1. The van der Waals surface area contributed by atoms with E-state index in [0.717, 1.165) is 15.8 Å². The van der Waals surface area contributed by atoms with Crippen LogP contribution < -0.4 is 4.80 Å². The molecule has 0 atom stereocenters. The summed E-state index contributed by atoms with van der Waals surface area (Å²) in [5.74, 6) is -0.297. The van der Waals surface area contributed by atoms with Crippen molar-refractivity contribution in [2.24, 2.45) is 4.99 Å². The van der Waals surface area contributed by atoms with Gasteiger partial charge in [-0.3, -0.25) is 4.79 Å². The molecule has 0 N–H and O–H groups in total. The lowest BCUT2D eigenvalue weighted by Crippen LogP contribution is -2.15. The molecule has 1 aromatic heterocycles. The zero-order chi connectivity index (χ0) is 16.9. The summed E-state index contributed by atoms with van der Waals surface area (Å²) < 4.78 is 2.94. The Labute approximate surface area is 148 Å². The van der Waals surface area contributed by atoms with Crippen LogP contribution in [0.25, 0.3) is 16.3 Å². The van der Waals surface area contributed by atoms with E-state index < -0.39 is 0 Å². The fraction of sp³-hybridized carbons (Fsp3) is 0.0526. The molecule has 5 heteroatoms. The first-order chi connectivity index (χ1) is 11.7. The normalized spacial score (nSPS) is 12.1. The Kier molecular flexibility index (Phi) is 5.08. The van der Waals surface area contributed by atoms with Gasteiger partial charge in [0.05, 0.1) is 10.2 Å². The van der Waals surface area contributed by atoms with Gasteiger partial charge in [-0.2, -0.15) is 4.99 Å². The van der Waals surface area contributed by atoms with Crippen LogP contribution in [0.2, 0.25) is 5.02 Å². The lowest BCUT2D eigenvalue weighted by atomic mass is 10.2. The number of carbonyl (C=O) groups is 1. The molecule has 3 aromatic rings. The number of halogens is 1. The molecule has 3 nitrogen and oxygen atoms in total. The van der Waals surface area contributed by atoms with E-state index in [1.54, 1.807) is 12.2 Å². The molecule has 0 aliphatic rings. The van der Waals surface area contributed by atoms with Gasteiger partial charge in [-0.1, -0.05) is 59.3 Å². The Bertz CT molecular complexity index is 984. The molecule has 0 bridgehead atoms. The van der Waals surface area contributed by atoms with E-state index in [1.165, 1.54) is 17.4 Å². The highest BCUT2D eigenvalue weighted by atomic mass is 35.5. The van der Waals surface area contributed by atoms with Crippen LogP contribution in [0.15, 0.2) is 72.3 Å². The maximum absolute atomic E-state index is 12.2. The van der Waals surface area contributed by atoms with Crippen LogP contribution in [0, 0.1) is 0 Å². The molecule has 1 amide bonds. The van der Waals surface area contributed by atoms with Gasteiger partial charge in [0.15, 0.2) is 4.80 Å². The van der Waals surface area contributed by atoms with Crippen molar-refractivity contribution in [2.45, 2.75) is 6.54 Å². The lowest BCUT2D eigenvalue weighted by molar-refractivity contribution is -0.113. The largest absolute Gasteiger partial charge is 0.312 e. The van der Waals surface area contributed by atoms with Gasteiger partial charge < -0.3 is 4.57 Å². The second-order valence-corrected chi connectivity index (χ2v) is 6.54. The number of aromatic nitrogens is 1. The van der Waals surface area contributed by atoms with Crippen molar-refractivity contribution in [3.05, 3.63) is 82.6 Å². The van der Waals surface area contributed by atoms with Crippen molar-refractivity contribution in [1.29, 1.82) is 0 Å². The van der Waals surface area contributed by atoms with Gasteiger partial charge in [-0.05, 0) is 29.8 Å². The Hall–Kier alpha value is -2.43. The van der Waals surface area contributed by atoms with Crippen LogP contribution >= 0.6 is 22.9 Å². The highest BCUT2D eigenvalue weighted by Crippen LogP contribution is 2.21. The number of fused-ring (bicyclic) bond motifs is 1. The van der Waals surface area contributed by atoms with Crippen LogP contribution in [0.4, 0.5) is 0 Å². The van der Waals surface area contributed by atoms with Gasteiger partial charge in [-0.25, -0.2) is 0 Å². The van der Waals surface area contributed by atoms with E-state index in [2.05, 4.69) is 11.6 Å². The van der Waals surface area contributed by atoms with E-state index in [-0.39, 0.29) is 5.91 Å². The SMILES string of the molecule is C=CCn1c(=NC(=O)C=Cc2ccccc2)sc2cc(Cl)ccc21.